The number of hydrogen-bond acceptors (Lipinski definition) is 2. The summed E-state index contributed by atoms with van der Waals surface area (Å²) in [6, 6.07) is 5.99. The molecule has 0 saturated carbocycles. The summed E-state index contributed by atoms with van der Waals surface area (Å²) in [6.07, 6.45) is 1.59. The molecule has 0 saturated heterocycles. The summed E-state index contributed by atoms with van der Waals surface area (Å²) < 4.78 is 13.2. The lowest BCUT2D eigenvalue weighted by atomic mass is 10.1. The molecule has 0 bridgehead atoms. The number of pyridine rings is 1. The van der Waals surface area contributed by atoms with E-state index in [0.29, 0.717) is 16.6 Å². The van der Waals surface area contributed by atoms with Gasteiger partial charge in [-0.1, -0.05) is 13.8 Å². The first kappa shape index (κ1) is 11.5. The first-order valence-electron chi connectivity index (χ1n) is 5.43. The Morgan fingerprint density at radius 2 is 2.12 bits per heavy atom. The topological polar surface area (TPSA) is 42.0 Å². The normalized spacial score (nSPS) is 10.8. The number of carbonyl (C=O) groups is 1. The Morgan fingerprint density at radius 1 is 1.35 bits per heavy atom. The van der Waals surface area contributed by atoms with Crippen LogP contribution in [0, 0.1) is 11.7 Å². The van der Waals surface area contributed by atoms with Gasteiger partial charge in [0.1, 0.15) is 5.82 Å². The molecule has 2 aromatic rings. The van der Waals surface area contributed by atoms with Crippen LogP contribution in [-0.2, 0) is 4.79 Å². The van der Waals surface area contributed by atoms with E-state index in [1.165, 1.54) is 12.1 Å². The first-order chi connectivity index (χ1) is 8.08. The molecule has 3 nitrogen and oxygen atoms in total. The zero-order valence-electron chi connectivity index (χ0n) is 9.70. The summed E-state index contributed by atoms with van der Waals surface area (Å²) in [5, 5.41) is 3.38. The molecule has 0 unspecified atom stereocenters. The number of rotatable bonds is 2. The Labute approximate surface area is 98.7 Å². The van der Waals surface area contributed by atoms with Crippen LogP contribution >= 0.6 is 0 Å². The lowest BCUT2D eigenvalue weighted by Crippen LogP contribution is -2.17. The van der Waals surface area contributed by atoms with Crippen LogP contribution in [0.4, 0.5) is 10.1 Å². The minimum absolute atomic E-state index is 0.0956. The van der Waals surface area contributed by atoms with Gasteiger partial charge >= 0.3 is 0 Å². The van der Waals surface area contributed by atoms with Crippen LogP contribution in [0.25, 0.3) is 10.9 Å². The van der Waals surface area contributed by atoms with Crippen LogP contribution in [0.2, 0.25) is 0 Å². The predicted octanol–water partition coefficient (Wildman–Crippen LogP) is 2.97. The number of carbonyl (C=O) groups excluding carboxylic acids is 1. The third-order valence-corrected chi connectivity index (χ3v) is 2.49. The quantitative estimate of drug-likeness (QED) is 0.864. The summed E-state index contributed by atoms with van der Waals surface area (Å²) >= 11 is 0. The molecule has 17 heavy (non-hydrogen) atoms. The van der Waals surface area contributed by atoms with E-state index in [2.05, 4.69) is 10.3 Å². The van der Waals surface area contributed by atoms with Crippen molar-refractivity contribution in [3.8, 4) is 0 Å². The van der Waals surface area contributed by atoms with Gasteiger partial charge < -0.3 is 5.32 Å². The maximum Gasteiger partial charge on any atom is 0.226 e. The predicted molar refractivity (Wildman–Crippen MR) is 65.2 cm³/mol. The third-order valence-electron chi connectivity index (χ3n) is 2.49. The van der Waals surface area contributed by atoms with Crippen LogP contribution in [0.3, 0.4) is 0 Å². The smallest absolute Gasteiger partial charge is 0.226 e. The van der Waals surface area contributed by atoms with E-state index in [-0.39, 0.29) is 17.6 Å². The second-order valence-electron chi connectivity index (χ2n) is 4.16. The fourth-order valence-electron chi connectivity index (χ4n) is 1.50. The highest BCUT2D eigenvalue weighted by atomic mass is 19.1. The van der Waals surface area contributed by atoms with Gasteiger partial charge in [-0.25, -0.2) is 4.39 Å². The molecular weight excluding hydrogens is 219 g/mol. The minimum Gasteiger partial charge on any atom is -0.325 e. The molecule has 1 heterocycles. The molecule has 0 fully saturated rings. The SMILES string of the molecule is CC(C)C(=O)Nc1ccnc2ccc(F)cc12. The molecule has 4 heteroatoms. The Bertz CT molecular complexity index is 566. The summed E-state index contributed by atoms with van der Waals surface area (Å²) in [5.41, 5.74) is 1.25. The van der Waals surface area contributed by atoms with E-state index in [1.807, 2.05) is 0 Å². The number of hydrogen-bond donors (Lipinski definition) is 1. The van der Waals surface area contributed by atoms with Crippen molar-refractivity contribution in [2.75, 3.05) is 5.32 Å². The second-order valence-corrected chi connectivity index (χ2v) is 4.16. The molecule has 0 atom stereocenters. The molecule has 0 aliphatic rings. The van der Waals surface area contributed by atoms with Gasteiger partial charge in [0.15, 0.2) is 0 Å². The first-order valence-corrected chi connectivity index (χ1v) is 5.43. The molecule has 1 N–H and O–H groups in total. The van der Waals surface area contributed by atoms with E-state index in [9.17, 15) is 9.18 Å². The molecule has 1 aromatic heterocycles. The maximum absolute atomic E-state index is 13.2. The van der Waals surface area contributed by atoms with Crippen LogP contribution in [0.15, 0.2) is 30.5 Å². The molecule has 2 rings (SSSR count). The van der Waals surface area contributed by atoms with Crippen molar-refractivity contribution in [2.24, 2.45) is 5.92 Å². The number of anilines is 1. The van der Waals surface area contributed by atoms with Gasteiger partial charge in [-0.2, -0.15) is 0 Å². The average Bonchev–Trinajstić information content (AvgIpc) is 2.29. The van der Waals surface area contributed by atoms with E-state index < -0.39 is 0 Å². The van der Waals surface area contributed by atoms with Crippen LogP contribution < -0.4 is 5.32 Å². The Kier molecular flexibility index (Phi) is 3.04. The van der Waals surface area contributed by atoms with Gasteiger partial charge in [-0.3, -0.25) is 9.78 Å². The standard InChI is InChI=1S/C13H13FN2O/c1-8(2)13(17)16-12-5-6-15-11-4-3-9(14)7-10(11)12/h3-8H,1-2H3,(H,15,16,17). The number of aromatic nitrogens is 1. The Morgan fingerprint density at radius 3 is 2.82 bits per heavy atom. The number of benzene rings is 1. The van der Waals surface area contributed by atoms with Crippen molar-refractivity contribution in [3.05, 3.63) is 36.3 Å². The molecule has 0 radical (unpaired) electrons. The van der Waals surface area contributed by atoms with E-state index in [4.69, 9.17) is 0 Å². The summed E-state index contributed by atoms with van der Waals surface area (Å²) in [5.74, 6) is -0.556. The van der Waals surface area contributed by atoms with Crippen molar-refractivity contribution in [3.63, 3.8) is 0 Å². The Balaban J connectivity index is 2.46. The summed E-state index contributed by atoms with van der Waals surface area (Å²) in [4.78, 5) is 15.7. The number of halogens is 1. The van der Waals surface area contributed by atoms with Crippen molar-refractivity contribution in [2.45, 2.75) is 13.8 Å². The van der Waals surface area contributed by atoms with Crippen LogP contribution in [0.1, 0.15) is 13.8 Å². The fraction of sp³-hybridized carbons (Fsp3) is 0.231. The second kappa shape index (κ2) is 4.49. The number of amides is 1. The number of nitrogens with zero attached hydrogens (tertiary/aromatic N) is 1. The van der Waals surface area contributed by atoms with Crippen LogP contribution in [0.5, 0.6) is 0 Å². The van der Waals surface area contributed by atoms with Gasteiger partial charge in [0.25, 0.3) is 0 Å². The average molecular weight is 232 g/mol. The van der Waals surface area contributed by atoms with Crippen molar-refractivity contribution >= 4 is 22.5 Å². The number of nitrogens with one attached hydrogen (secondary N) is 1. The molecular formula is C13H13FN2O. The maximum atomic E-state index is 13.2. The van der Waals surface area contributed by atoms with Gasteiger partial charge in [-0.15, -0.1) is 0 Å². The summed E-state index contributed by atoms with van der Waals surface area (Å²) in [7, 11) is 0. The monoisotopic (exact) mass is 232 g/mol. The zero-order chi connectivity index (χ0) is 12.4. The van der Waals surface area contributed by atoms with Crippen molar-refractivity contribution < 1.29 is 9.18 Å². The lowest BCUT2D eigenvalue weighted by Gasteiger charge is -2.10. The molecule has 0 spiro atoms. The summed E-state index contributed by atoms with van der Waals surface area (Å²) in [6.45, 7) is 3.61. The van der Waals surface area contributed by atoms with Crippen molar-refractivity contribution in [1.29, 1.82) is 0 Å². The molecule has 0 aliphatic heterocycles. The van der Waals surface area contributed by atoms with Gasteiger partial charge in [0.05, 0.1) is 11.2 Å². The highest BCUT2D eigenvalue weighted by Crippen LogP contribution is 2.22. The lowest BCUT2D eigenvalue weighted by molar-refractivity contribution is -0.118. The van der Waals surface area contributed by atoms with Crippen molar-refractivity contribution in [1.82, 2.24) is 4.98 Å². The minimum atomic E-state index is -0.342. The zero-order valence-corrected chi connectivity index (χ0v) is 9.70. The largest absolute Gasteiger partial charge is 0.325 e. The van der Waals surface area contributed by atoms with E-state index in [0.717, 1.165) is 0 Å². The third kappa shape index (κ3) is 2.41. The highest BCUT2D eigenvalue weighted by molar-refractivity contribution is 6.01. The number of fused-ring (bicyclic) bond motifs is 1. The highest BCUT2D eigenvalue weighted by Gasteiger charge is 2.10. The molecule has 88 valence electrons. The molecule has 1 aromatic carbocycles. The Hall–Kier alpha value is -1.97. The fourth-order valence-corrected chi connectivity index (χ4v) is 1.50. The molecule has 1 amide bonds. The van der Waals surface area contributed by atoms with Gasteiger partial charge in [0, 0.05) is 17.5 Å². The molecule has 0 aliphatic carbocycles. The van der Waals surface area contributed by atoms with Gasteiger partial charge in [-0.05, 0) is 24.3 Å². The van der Waals surface area contributed by atoms with E-state index >= 15 is 0 Å². The van der Waals surface area contributed by atoms with Gasteiger partial charge in [0.2, 0.25) is 5.91 Å². The van der Waals surface area contributed by atoms with E-state index in [1.54, 1.807) is 32.2 Å². The van der Waals surface area contributed by atoms with Crippen LogP contribution in [-0.4, -0.2) is 10.9 Å².